The van der Waals surface area contributed by atoms with Crippen molar-refractivity contribution in [2.45, 2.75) is 32.2 Å². The minimum atomic E-state index is -0.205. The highest BCUT2D eigenvalue weighted by molar-refractivity contribution is 6.11. The van der Waals surface area contributed by atoms with Gasteiger partial charge < -0.3 is 16.8 Å². The topological polar surface area (TPSA) is 88.8 Å². The molecule has 1 heterocycles. The smallest absolute Gasteiger partial charge is 0.150 e. The second-order valence-electron chi connectivity index (χ2n) is 6.53. The first-order chi connectivity index (χ1) is 13.0. The van der Waals surface area contributed by atoms with Gasteiger partial charge in [0.15, 0.2) is 5.84 Å². The number of amidine groups is 1. The lowest BCUT2D eigenvalue weighted by Crippen LogP contribution is -2.29. The number of hydrogen-bond acceptors (Lipinski definition) is 5. The maximum Gasteiger partial charge on any atom is 0.150 e. The van der Waals surface area contributed by atoms with Crippen molar-refractivity contribution in [3.8, 4) is 0 Å². The molecule has 0 aromatic heterocycles. The molecule has 2 aliphatic rings. The molecule has 0 fully saturated rings. The number of nitrogens with two attached hydrogens (primary N) is 2. The molecular formula is C22H29N5. The molecule has 5 nitrogen and oxygen atoms in total. The number of nitrogens with zero attached hydrogens (tertiary/aromatic N) is 2. The molecule has 5 N–H and O–H groups in total. The van der Waals surface area contributed by atoms with Gasteiger partial charge in [0.25, 0.3) is 0 Å². The van der Waals surface area contributed by atoms with Gasteiger partial charge in [0.1, 0.15) is 0 Å². The Bertz CT molecular complexity index is 814. The summed E-state index contributed by atoms with van der Waals surface area (Å²) in [5.41, 5.74) is 18.1. The van der Waals surface area contributed by atoms with Gasteiger partial charge in [-0.25, -0.2) is 4.99 Å². The van der Waals surface area contributed by atoms with Gasteiger partial charge in [-0.1, -0.05) is 30.9 Å². The van der Waals surface area contributed by atoms with Crippen molar-refractivity contribution >= 4 is 17.2 Å². The Kier molecular flexibility index (Phi) is 7.32. The van der Waals surface area contributed by atoms with E-state index >= 15 is 0 Å². The SMILES string of the molecule is C=C.C=C(Nc1ccccc1C)C(N)CC1=NC(C2=CC=C(N)CC2)=NC1. The summed E-state index contributed by atoms with van der Waals surface area (Å²) in [6.45, 7) is 12.8. The highest BCUT2D eigenvalue weighted by Gasteiger charge is 2.19. The van der Waals surface area contributed by atoms with E-state index < -0.39 is 0 Å². The molecule has 1 aliphatic carbocycles. The molecular weight excluding hydrogens is 334 g/mol. The largest absolute Gasteiger partial charge is 0.402 e. The van der Waals surface area contributed by atoms with Crippen LogP contribution >= 0.6 is 0 Å². The summed E-state index contributed by atoms with van der Waals surface area (Å²) in [5.74, 6) is 0.823. The maximum atomic E-state index is 6.30. The predicted molar refractivity (Wildman–Crippen MR) is 117 cm³/mol. The fourth-order valence-corrected chi connectivity index (χ4v) is 2.87. The molecule has 142 valence electrons. The summed E-state index contributed by atoms with van der Waals surface area (Å²) in [5, 5.41) is 3.32. The lowest BCUT2D eigenvalue weighted by Gasteiger charge is -2.18. The molecule has 0 saturated heterocycles. The van der Waals surface area contributed by atoms with Crippen LogP contribution in [0.1, 0.15) is 24.8 Å². The first kappa shape index (κ1) is 20.4. The number of rotatable bonds is 6. The fourth-order valence-electron chi connectivity index (χ4n) is 2.87. The molecule has 0 amide bonds. The van der Waals surface area contributed by atoms with Crippen LogP contribution < -0.4 is 16.8 Å². The van der Waals surface area contributed by atoms with Crippen LogP contribution in [0.5, 0.6) is 0 Å². The minimum absolute atomic E-state index is 0.205. The molecule has 1 atom stereocenters. The summed E-state index contributed by atoms with van der Waals surface area (Å²) >= 11 is 0. The van der Waals surface area contributed by atoms with E-state index in [9.17, 15) is 0 Å². The summed E-state index contributed by atoms with van der Waals surface area (Å²) in [6, 6.07) is 7.88. The van der Waals surface area contributed by atoms with Crippen molar-refractivity contribution in [1.82, 2.24) is 0 Å². The summed E-state index contributed by atoms with van der Waals surface area (Å²) in [4.78, 5) is 9.21. The van der Waals surface area contributed by atoms with Gasteiger partial charge in [0.2, 0.25) is 0 Å². The molecule has 1 aliphatic heterocycles. The van der Waals surface area contributed by atoms with Crippen LogP contribution in [0, 0.1) is 6.92 Å². The van der Waals surface area contributed by atoms with E-state index in [2.05, 4.69) is 48.0 Å². The quantitative estimate of drug-likeness (QED) is 0.671. The number of anilines is 1. The van der Waals surface area contributed by atoms with E-state index in [1.165, 1.54) is 0 Å². The van der Waals surface area contributed by atoms with E-state index in [-0.39, 0.29) is 6.04 Å². The molecule has 3 rings (SSSR count). The number of hydrogen-bond donors (Lipinski definition) is 3. The van der Waals surface area contributed by atoms with Crippen molar-refractivity contribution in [2.75, 3.05) is 11.9 Å². The zero-order chi connectivity index (χ0) is 19.8. The van der Waals surface area contributed by atoms with Crippen LogP contribution in [0.3, 0.4) is 0 Å². The van der Waals surface area contributed by atoms with Gasteiger partial charge in [-0.3, -0.25) is 4.99 Å². The van der Waals surface area contributed by atoms with Gasteiger partial charge >= 0.3 is 0 Å². The highest BCUT2D eigenvalue weighted by Crippen LogP contribution is 2.21. The van der Waals surface area contributed by atoms with E-state index in [1.54, 1.807) is 0 Å². The number of nitrogens with one attached hydrogen (secondary N) is 1. The molecule has 0 bridgehead atoms. The number of para-hydroxylation sites is 1. The Morgan fingerprint density at radius 3 is 2.63 bits per heavy atom. The van der Waals surface area contributed by atoms with Crippen molar-refractivity contribution in [1.29, 1.82) is 0 Å². The van der Waals surface area contributed by atoms with E-state index in [0.717, 1.165) is 52.6 Å². The summed E-state index contributed by atoms with van der Waals surface area (Å²) in [6.07, 6.45) is 6.37. The number of benzene rings is 1. The lowest BCUT2D eigenvalue weighted by molar-refractivity contribution is 0.809. The predicted octanol–water partition coefficient (Wildman–Crippen LogP) is 3.86. The van der Waals surface area contributed by atoms with Crippen molar-refractivity contribution < 1.29 is 0 Å². The second kappa shape index (κ2) is 9.69. The normalized spacial score (nSPS) is 16.8. The molecule has 1 aromatic carbocycles. The molecule has 1 aromatic rings. The Morgan fingerprint density at radius 2 is 1.96 bits per heavy atom. The Balaban J connectivity index is 0.00000126. The molecule has 0 saturated carbocycles. The third-order valence-corrected chi connectivity index (χ3v) is 4.49. The molecule has 1 unspecified atom stereocenters. The molecule has 0 spiro atoms. The van der Waals surface area contributed by atoms with Crippen molar-refractivity contribution in [3.05, 3.63) is 78.7 Å². The number of aliphatic imine (C=N–C) groups is 2. The van der Waals surface area contributed by atoms with Crippen molar-refractivity contribution in [3.63, 3.8) is 0 Å². The average Bonchev–Trinajstić information content (AvgIpc) is 3.14. The van der Waals surface area contributed by atoms with Crippen LogP contribution in [0.25, 0.3) is 0 Å². The van der Waals surface area contributed by atoms with Crippen LogP contribution in [-0.4, -0.2) is 24.1 Å². The summed E-state index contributed by atoms with van der Waals surface area (Å²) in [7, 11) is 0. The van der Waals surface area contributed by atoms with Gasteiger partial charge in [0.05, 0.1) is 6.54 Å². The van der Waals surface area contributed by atoms with Gasteiger partial charge in [-0.2, -0.15) is 0 Å². The van der Waals surface area contributed by atoms with Crippen LogP contribution in [0.2, 0.25) is 0 Å². The van der Waals surface area contributed by atoms with E-state index in [1.807, 2.05) is 30.4 Å². The Morgan fingerprint density at radius 1 is 1.22 bits per heavy atom. The van der Waals surface area contributed by atoms with Crippen LogP contribution in [-0.2, 0) is 0 Å². The monoisotopic (exact) mass is 363 g/mol. The van der Waals surface area contributed by atoms with Crippen molar-refractivity contribution in [2.24, 2.45) is 21.5 Å². The Labute approximate surface area is 162 Å². The lowest BCUT2D eigenvalue weighted by atomic mass is 10.0. The first-order valence-corrected chi connectivity index (χ1v) is 9.06. The Hall–Kier alpha value is -2.92. The number of allylic oxidation sites excluding steroid dienone is 3. The van der Waals surface area contributed by atoms with Gasteiger partial charge in [-0.05, 0) is 43.0 Å². The molecule has 5 heteroatoms. The zero-order valence-electron chi connectivity index (χ0n) is 16.0. The second-order valence-corrected chi connectivity index (χ2v) is 6.53. The zero-order valence-corrected chi connectivity index (χ0v) is 16.0. The van der Waals surface area contributed by atoms with Crippen LogP contribution in [0.15, 0.2) is 83.1 Å². The minimum Gasteiger partial charge on any atom is -0.402 e. The third kappa shape index (κ3) is 5.53. The van der Waals surface area contributed by atoms with E-state index in [4.69, 9.17) is 11.5 Å². The van der Waals surface area contributed by atoms with Gasteiger partial charge in [-0.15, -0.1) is 13.2 Å². The third-order valence-electron chi connectivity index (χ3n) is 4.49. The van der Waals surface area contributed by atoms with Crippen LogP contribution in [0.4, 0.5) is 5.69 Å². The number of aryl methyl sites for hydroxylation is 1. The van der Waals surface area contributed by atoms with Gasteiger partial charge in [0, 0.05) is 35.3 Å². The maximum absolute atomic E-state index is 6.30. The van der Waals surface area contributed by atoms with E-state index in [0.29, 0.717) is 13.0 Å². The summed E-state index contributed by atoms with van der Waals surface area (Å²) < 4.78 is 0. The molecule has 0 radical (unpaired) electrons. The molecule has 27 heavy (non-hydrogen) atoms. The highest BCUT2D eigenvalue weighted by atomic mass is 15.0. The first-order valence-electron chi connectivity index (χ1n) is 9.06. The average molecular weight is 364 g/mol. The standard InChI is InChI=1S/C20H25N5.C2H4/c1-13-5-3-4-6-19(13)24-14(2)18(22)11-17-12-23-20(25-17)15-7-9-16(21)10-8-15;1-2/h3-7,9,18,24H,2,8,10-12,21-22H2,1H3;1-2H2. The fraction of sp³-hybridized carbons (Fsp3) is 0.273.